The molecule has 0 saturated carbocycles. The maximum Gasteiger partial charge on any atom is 0.0946 e. The topological polar surface area (TPSA) is 74.5 Å². The molecule has 0 saturated heterocycles. The van der Waals surface area contributed by atoms with Crippen molar-refractivity contribution in [1.82, 2.24) is 24.5 Å². The first-order valence-electron chi connectivity index (χ1n) is 5.34. The number of aromatic nitrogens is 5. The Kier molecular flexibility index (Phi) is 3.31. The zero-order chi connectivity index (χ0) is 11.4. The largest absolute Gasteiger partial charge is 0.336 e. The van der Waals surface area contributed by atoms with Gasteiger partial charge in [-0.3, -0.25) is 0 Å². The average molecular weight is 220 g/mol. The van der Waals surface area contributed by atoms with E-state index in [1.165, 1.54) is 0 Å². The molecule has 0 bridgehead atoms. The highest BCUT2D eigenvalue weighted by molar-refractivity contribution is 5.00. The molecular formula is C10H16N6. The summed E-state index contributed by atoms with van der Waals surface area (Å²) in [5.41, 5.74) is 7.55. The molecule has 6 nitrogen and oxygen atoms in total. The highest BCUT2D eigenvalue weighted by atomic mass is 15.4. The van der Waals surface area contributed by atoms with Crippen molar-refractivity contribution in [3.63, 3.8) is 0 Å². The molecule has 0 aromatic carbocycles. The molecule has 0 aliphatic rings. The summed E-state index contributed by atoms with van der Waals surface area (Å²) in [4.78, 5) is 4.06. The van der Waals surface area contributed by atoms with Crippen LogP contribution in [0.4, 0.5) is 0 Å². The Hall–Kier alpha value is -1.69. The molecule has 16 heavy (non-hydrogen) atoms. The van der Waals surface area contributed by atoms with Crippen LogP contribution in [-0.2, 0) is 20.0 Å². The summed E-state index contributed by atoms with van der Waals surface area (Å²) in [7, 11) is 1.97. The standard InChI is InChI=1S/C10H16N6/c1-15-8-12-5-10(15)7-16-6-9(13-14-16)3-2-4-11/h5-6,8H,2-4,7,11H2,1H3. The van der Waals surface area contributed by atoms with E-state index in [9.17, 15) is 0 Å². The van der Waals surface area contributed by atoms with Crippen molar-refractivity contribution in [3.05, 3.63) is 30.1 Å². The van der Waals surface area contributed by atoms with Gasteiger partial charge in [-0.1, -0.05) is 5.21 Å². The van der Waals surface area contributed by atoms with Crippen molar-refractivity contribution in [1.29, 1.82) is 0 Å². The molecule has 0 atom stereocenters. The van der Waals surface area contributed by atoms with Gasteiger partial charge in [0, 0.05) is 13.2 Å². The molecule has 2 heterocycles. The molecule has 86 valence electrons. The summed E-state index contributed by atoms with van der Waals surface area (Å²) in [6.45, 7) is 1.39. The molecule has 0 amide bonds. The second-order valence-electron chi connectivity index (χ2n) is 3.80. The van der Waals surface area contributed by atoms with Crippen LogP contribution >= 0.6 is 0 Å². The fraction of sp³-hybridized carbons (Fsp3) is 0.500. The van der Waals surface area contributed by atoms with Crippen LogP contribution in [0.1, 0.15) is 17.8 Å². The van der Waals surface area contributed by atoms with Gasteiger partial charge in [-0.15, -0.1) is 5.10 Å². The van der Waals surface area contributed by atoms with Crippen molar-refractivity contribution >= 4 is 0 Å². The van der Waals surface area contributed by atoms with E-state index < -0.39 is 0 Å². The fourth-order valence-corrected chi connectivity index (χ4v) is 1.52. The lowest BCUT2D eigenvalue weighted by atomic mass is 10.2. The van der Waals surface area contributed by atoms with E-state index in [1.807, 2.05) is 28.7 Å². The molecule has 2 aromatic rings. The number of nitrogens with two attached hydrogens (primary N) is 1. The average Bonchev–Trinajstić information content (AvgIpc) is 2.87. The van der Waals surface area contributed by atoms with E-state index >= 15 is 0 Å². The van der Waals surface area contributed by atoms with Crippen LogP contribution in [0, 0.1) is 0 Å². The summed E-state index contributed by atoms with van der Waals surface area (Å²) in [6.07, 6.45) is 7.41. The van der Waals surface area contributed by atoms with Crippen LogP contribution in [0.15, 0.2) is 18.7 Å². The van der Waals surface area contributed by atoms with Crippen LogP contribution in [0.5, 0.6) is 0 Å². The molecular weight excluding hydrogens is 204 g/mol. The van der Waals surface area contributed by atoms with Gasteiger partial charge in [-0.25, -0.2) is 9.67 Å². The summed E-state index contributed by atoms with van der Waals surface area (Å²) in [5.74, 6) is 0. The third-order valence-corrected chi connectivity index (χ3v) is 2.46. The highest BCUT2D eigenvalue weighted by Crippen LogP contribution is 2.02. The normalized spacial score (nSPS) is 10.9. The predicted octanol–water partition coefficient (Wildman–Crippen LogP) is -0.0488. The molecule has 2 N–H and O–H groups in total. The SMILES string of the molecule is Cn1cncc1Cn1cc(CCCN)nn1. The van der Waals surface area contributed by atoms with Gasteiger partial charge in [0.05, 0.1) is 30.5 Å². The molecule has 0 unspecified atom stereocenters. The molecule has 2 aromatic heterocycles. The summed E-state index contributed by atoms with van der Waals surface area (Å²) >= 11 is 0. The number of nitrogens with zero attached hydrogens (tertiary/aromatic N) is 5. The first kappa shape index (κ1) is 10.8. The van der Waals surface area contributed by atoms with Gasteiger partial charge < -0.3 is 10.3 Å². The second-order valence-corrected chi connectivity index (χ2v) is 3.80. The van der Waals surface area contributed by atoms with Crippen LogP contribution in [0.3, 0.4) is 0 Å². The van der Waals surface area contributed by atoms with Crippen LogP contribution in [-0.4, -0.2) is 31.1 Å². The Labute approximate surface area is 94.1 Å². The quantitative estimate of drug-likeness (QED) is 0.766. The van der Waals surface area contributed by atoms with Gasteiger partial charge in [0.25, 0.3) is 0 Å². The third-order valence-electron chi connectivity index (χ3n) is 2.46. The lowest BCUT2D eigenvalue weighted by Crippen LogP contribution is -2.04. The number of hydrogen-bond donors (Lipinski definition) is 1. The summed E-state index contributed by atoms with van der Waals surface area (Å²) in [5, 5.41) is 8.16. The Bertz CT molecular complexity index is 444. The van der Waals surface area contributed by atoms with Crippen LogP contribution in [0.25, 0.3) is 0 Å². The zero-order valence-electron chi connectivity index (χ0n) is 9.37. The van der Waals surface area contributed by atoms with Gasteiger partial charge in [0.15, 0.2) is 0 Å². The van der Waals surface area contributed by atoms with E-state index in [-0.39, 0.29) is 0 Å². The van der Waals surface area contributed by atoms with E-state index in [1.54, 1.807) is 6.33 Å². The van der Waals surface area contributed by atoms with Gasteiger partial charge in [-0.05, 0) is 19.4 Å². The monoisotopic (exact) mass is 220 g/mol. The van der Waals surface area contributed by atoms with Crippen molar-refractivity contribution in [3.8, 4) is 0 Å². The van der Waals surface area contributed by atoms with E-state index in [2.05, 4.69) is 15.3 Å². The first-order chi connectivity index (χ1) is 7.79. The van der Waals surface area contributed by atoms with Gasteiger partial charge in [0.2, 0.25) is 0 Å². The van der Waals surface area contributed by atoms with Gasteiger partial charge >= 0.3 is 0 Å². The number of rotatable bonds is 5. The molecule has 0 radical (unpaired) electrons. The Balaban J connectivity index is 2.00. The minimum atomic E-state index is 0.689. The molecule has 0 fully saturated rings. The van der Waals surface area contributed by atoms with E-state index in [0.29, 0.717) is 13.1 Å². The Morgan fingerprint density at radius 2 is 2.31 bits per heavy atom. The minimum absolute atomic E-state index is 0.689. The number of aryl methyl sites for hydroxylation is 2. The second kappa shape index (κ2) is 4.89. The van der Waals surface area contributed by atoms with Crippen LogP contribution < -0.4 is 5.73 Å². The van der Waals surface area contributed by atoms with E-state index in [0.717, 1.165) is 24.2 Å². The molecule has 0 aliphatic carbocycles. The number of hydrogen-bond acceptors (Lipinski definition) is 4. The predicted molar refractivity (Wildman–Crippen MR) is 59.7 cm³/mol. The van der Waals surface area contributed by atoms with Gasteiger partial charge in [0.1, 0.15) is 0 Å². The summed E-state index contributed by atoms with van der Waals surface area (Å²) < 4.78 is 3.80. The molecule has 6 heteroatoms. The number of imidazole rings is 1. The lowest BCUT2D eigenvalue weighted by Gasteiger charge is -2.00. The summed E-state index contributed by atoms with van der Waals surface area (Å²) in [6, 6.07) is 0. The zero-order valence-corrected chi connectivity index (χ0v) is 9.37. The maximum atomic E-state index is 5.45. The molecule has 0 aliphatic heterocycles. The lowest BCUT2D eigenvalue weighted by molar-refractivity contribution is 0.620. The minimum Gasteiger partial charge on any atom is -0.336 e. The third kappa shape index (κ3) is 2.46. The fourth-order valence-electron chi connectivity index (χ4n) is 1.52. The maximum absolute atomic E-state index is 5.45. The Morgan fingerprint density at radius 3 is 3.00 bits per heavy atom. The molecule has 0 spiro atoms. The molecule has 2 rings (SSSR count). The van der Waals surface area contributed by atoms with E-state index in [4.69, 9.17) is 5.73 Å². The van der Waals surface area contributed by atoms with Crippen molar-refractivity contribution < 1.29 is 0 Å². The van der Waals surface area contributed by atoms with Gasteiger partial charge in [-0.2, -0.15) is 0 Å². The highest BCUT2D eigenvalue weighted by Gasteiger charge is 2.03. The van der Waals surface area contributed by atoms with Crippen molar-refractivity contribution in [2.45, 2.75) is 19.4 Å². The van der Waals surface area contributed by atoms with Crippen molar-refractivity contribution in [2.24, 2.45) is 12.8 Å². The van der Waals surface area contributed by atoms with Crippen molar-refractivity contribution in [2.75, 3.05) is 6.54 Å². The Morgan fingerprint density at radius 1 is 1.44 bits per heavy atom. The van der Waals surface area contributed by atoms with Crippen LogP contribution in [0.2, 0.25) is 0 Å². The first-order valence-corrected chi connectivity index (χ1v) is 5.34. The smallest absolute Gasteiger partial charge is 0.0946 e.